The van der Waals surface area contributed by atoms with Crippen molar-refractivity contribution in [1.29, 1.82) is 0 Å². The Kier molecular flexibility index (Phi) is 3.28. The van der Waals surface area contributed by atoms with Crippen LogP contribution in [0.2, 0.25) is 0 Å². The minimum atomic E-state index is -0.775. The Balaban J connectivity index is 2.54. The van der Waals surface area contributed by atoms with E-state index in [9.17, 15) is 4.79 Å². The van der Waals surface area contributed by atoms with E-state index in [2.05, 4.69) is 4.98 Å². The van der Waals surface area contributed by atoms with Crippen LogP contribution in [0.3, 0.4) is 0 Å². The highest BCUT2D eigenvalue weighted by atomic mass is 16.5. The Morgan fingerprint density at radius 3 is 2.72 bits per heavy atom. The molecule has 0 aliphatic carbocycles. The van der Waals surface area contributed by atoms with Gasteiger partial charge < -0.3 is 14.8 Å². The number of aromatic amines is 1. The summed E-state index contributed by atoms with van der Waals surface area (Å²) < 4.78 is 5.26. The number of hydrogen-bond acceptors (Lipinski definition) is 2. The Morgan fingerprint density at radius 2 is 2.11 bits per heavy atom. The minimum Gasteiger partial charge on any atom is -0.497 e. The van der Waals surface area contributed by atoms with E-state index in [1.807, 2.05) is 26.0 Å². The average Bonchev–Trinajstić information content (AvgIpc) is 2.63. The smallest absolute Gasteiger partial charge is 0.303 e. The van der Waals surface area contributed by atoms with Gasteiger partial charge in [0.25, 0.3) is 0 Å². The predicted octanol–water partition coefficient (Wildman–Crippen LogP) is 2.81. The molecular weight excluding hydrogens is 230 g/mol. The fourth-order valence-corrected chi connectivity index (χ4v) is 2.29. The molecule has 0 fully saturated rings. The van der Waals surface area contributed by atoms with Gasteiger partial charge in [-0.15, -0.1) is 0 Å². The molecule has 0 radical (unpaired) electrons. The van der Waals surface area contributed by atoms with Crippen LogP contribution in [0.1, 0.15) is 23.2 Å². The molecule has 96 valence electrons. The summed E-state index contributed by atoms with van der Waals surface area (Å²) in [5.74, 6) is 0.0268. The molecule has 18 heavy (non-hydrogen) atoms. The first kappa shape index (κ1) is 12.5. The molecule has 4 nitrogen and oxygen atoms in total. The highest BCUT2D eigenvalue weighted by molar-refractivity contribution is 5.89. The van der Waals surface area contributed by atoms with Crippen LogP contribution < -0.4 is 4.74 Å². The molecular formula is C14H17NO3. The van der Waals surface area contributed by atoms with Crippen LogP contribution >= 0.6 is 0 Å². The zero-order valence-corrected chi connectivity index (χ0v) is 10.8. The normalized spacial score (nSPS) is 10.8. The number of carboxylic acid groups (broad SMARTS) is 1. The van der Waals surface area contributed by atoms with Crippen molar-refractivity contribution in [3.63, 3.8) is 0 Å². The topological polar surface area (TPSA) is 62.3 Å². The SMILES string of the molecule is COc1cc(C)c2[nH]c(C)c(CCC(=O)O)c2c1. The van der Waals surface area contributed by atoms with Crippen LogP contribution in [0, 0.1) is 13.8 Å². The molecule has 0 aliphatic heterocycles. The van der Waals surface area contributed by atoms with Crippen molar-refractivity contribution < 1.29 is 14.6 Å². The molecule has 1 aromatic heterocycles. The number of carbonyl (C=O) groups is 1. The fraction of sp³-hybridized carbons (Fsp3) is 0.357. The summed E-state index contributed by atoms with van der Waals surface area (Å²) in [6, 6.07) is 3.93. The number of H-pyrrole nitrogens is 1. The summed E-state index contributed by atoms with van der Waals surface area (Å²) in [6.45, 7) is 3.99. The molecule has 0 saturated heterocycles. The number of methoxy groups -OCH3 is 1. The van der Waals surface area contributed by atoms with E-state index in [4.69, 9.17) is 9.84 Å². The third kappa shape index (κ3) is 2.18. The first-order valence-corrected chi connectivity index (χ1v) is 5.90. The second-order valence-corrected chi connectivity index (χ2v) is 4.49. The van der Waals surface area contributed by atoms with Gasteiger partial charge in [-0.3, -0.25) is 4.79 Å². The lowest BCUT2D eigenvalue weighted by atomic mass is 10.0. The molecule has 0 bridgehead atoms. The van der Waals surface area contributed by atoms with E-state index < -0.39 is 5.97 Å². The average molecular weight is 247 g/mol. The van der Waals surface area contributed by atoms with Gasteiger partial charge in [0.2, 0.25) is 0 Å². The molecule has 0 aliphatic rings. The summed E-state index contributed by atoms with van der Waals surface area (Å²) in [7, 11) is 1.64. The highest BCUT2D eigenvalue weighted by Gasteiger charge is 2.12. The monoisotopic (exact) mass is 247 g/mol. The zero-order chi connectivity index (χ0) is 13.3. The van der Waals surface area contributed by atoms with Gasteiger partial charge in [0, 0.05) is 23.0 Å². The number of aliphatic carboxylic acids is 1. The van der Waals surface area contributed by atoms with Gasteiger partial charge in [0.1, 0.15) is 5.75 Å². The number of carboxylic acids is 1. The van der Waals surface area contributed by atoms with Crippen molar-refractivity contribution in [1.82, 2.24) is 4.98 Å². The van der Waals surface area contributed by atoms with Gasteiger partial charge in [0.05, 0.1) is 7.11 Å². The molecule has 2 N–H and O–H groups in total. The van der Waals surface area contributed by atoms with Gasteiger partial charge in [-0.25, -0.2) is 0 Å². The van der Waals surface area contributed by atoms with Crippen LogP contribution in [0.25, 0.3) is 10.9 Å². The van der Waals surface area contributed by atoms with Gasteiger partial charge in [0.15, 0.2) is 0 Å². The van der Waals surface area contributed by atoms with E-state index in [-0.39, 0.29) is 6.42 Å². The maximum absolute atomic E-state index is 10.7. The Bertz CT molecular complexity index is 599. The van der Waals surface area contributed by atoms with Crippen LogP contribution in [-0.2, 0) is 11.2 Å². The van der Waals surface area contributed by atoms with Crippen LogP contribution in [0.4, 0.5) is 0 Å². The Hall–Kier alpha value is -1.97. The molecule has 0 saturated carbocycles. The van der Waals surface area contributed by atoms with Crippen molar-refractivity contribution in [2.75, 3.05) is 7.11 Å². The highest BCUT2D eigenvalue weighted by Crippen LogP contribution is 2.30. The molecule has 1 heterocycles. The van der Waals surface area contributed by atoms with Crippen molar-refractivity contribution >= 4 is 16.9 Å². The lowest BCUT2D eigenvalue weighted by Crippen LogP contribution is -1.98. The second kappa shape index (κ2) is 4.72. The van der Waals surface area contributed by atoms with E-state index in [1.165, 1.54) is 0 Å². The molecule has 1 aromatic carbocycles. The molecule has 0 spiro atoms. The predicted molar refractivity (Wildman–Crippen MR) is 70.3 cm³/mol. The van der Waals surface area contributed by atoms with Gasteiger partial charge in [-0.1, -0.05) is 0 Å². The van der Waals surface area contributed by atoms with Crippen molar-refractivity contribution in [2.24, 2.45) is 0 Å². The fourth-order valence-electron chi connectivity index (χ4n) is 2.29. The zero-order valence-electron chi connectivity index (χ0n) is 10.8. The molecule has 0 amide bonds. The van der Waals surface area contributed by atoms with Crippen molar-refractivity contribution in [3.05, 3.63) is 29.0 Å². The van der Waals surface area contributed by atoms with Crippen LogP contribution in [0.5, 0.6) is 5.75 Å². The Morgan fingerprint density at radius 1 is 1.39 bits per heavy atom. The standard InChI is InChI=1S/C14H17NO3/c1-8-6-10(18-3)7-12-11(4-5-13(16)17)9(2)15-14(8)12/h6-7,15H,4-5H2,1-3H3,(H,16,17). The first-order valence-electron chi connectivity index (χ1n) is 5.90. The summed E-state index contributed by atoms with van der Waals surface area (Å²) in [4.78, 5) is 14.0. The number of aryl methyl sites for hydroxylation is 3. The maximum Gasteiger partial charge on any atom is 0.303 e. The van der Waals surface area contributed by atoms with Crippen LogP contribution in [0.15, 0.2) is 12.1 Å². The quantitative estimate of drug-likeness (QED) is 0.873. The number of aromatic nitrogens is 1. The van der Waals surface area contributed by atoms with E-state index in [0.29, 0.717) is 6.42 Å². The maximum atomic E-state index is 10.7. The molecule has 2 aromatic rings. The van der Waals surface area contributed by atoms with Gasteiger partial charge >= 0.3 is 5.97 Å². The third-order valence-corrected chi connectivity index (χ3v) is 3.22. The number of fused-ring (bicyclic) bond motifs is 1. The number of ether oxygens (including phenoxy) is 1. The number of hydrogen-bond donors (Lipinski definition) is 2. The van der Waals surface area contributed by atoms with E-state index in [0.717, 1.165) is 33.5 Å². The van der Waals surface area contributed by atoms with E-state index in [1.54, 1.807) is 7.11 Å². The molecule has 0 unspecified atom stereocenters. The summed E-state index contributed by atoms with van der Waals surface area (Å²) in [6.07, 6.45) is 0.678. The van der Waals surface area contributed by atoms with Crippen molar-refractivity contribution in [2.45, 2.75) is 26.7 Å². The lowest BCUT2D eigenvalue weighted by molar-refractivity contribution is -0.136. The molecule has 2 rings (SSSR count). The van der Waals surface area contributed by atoms with Gasteiger partial charge in [-0.05, 0) is 43.5 Å². The molecule has 0 atom stereocenters. The number of benzene rings is 1. The summed E-state index contributed by atoms with van der Waals surface area (Å²) >= 11 is 0. The number of rotatable bonds is 4. The van der Waals surface area contributed by atoms with E-state index >= 15 is 0 Å². The van der Waals surface area contributed by atoms with Crippen LogP contribution in [-0.4, -0.2) is 23.2 Å². The van der Waals surface area contributed by atoms with Crippen molar-refractivity contribution in [3.8, 4) is 5.75 Å². The Labute approximate surface area is 106 Å². The number of nitrogens with one attached hydrogen (secondary N) is 1. The second-order valence-electron chi connectivity index (χ2n) is 4.49. The summed E-state index contributed by atoms with van der Waals surface area (Å²) in [5.41, 5.74) is 4.26. The first-order chi connectivity index (χ1) is 8.52. The largest absolute Gasteiger partial charge is 0.497 e. The minimum absolute atomic E-state index is 0.143. The third-order valence-electron chi connectivity index (χ3n) is 3.22. The lowest BCUT2D eigenvalue weighted by Gasteiger charge is -2.04. The molecule has 4 heteroatoms. The van der Waals surface area contributed by atoms with Gasteiger partial charge in [-0.2, -0.15) is 0 Å². The summed E-state index contributed by atoms with van der Waals surface area (Å²) in [5, 5.41) is 9.86.